The van der Waals surface area contributed by atoms with E-state index in [9.17, 15) is 13.2 Å². The highest BCUT2D eigenvalue weighted by Crippen LogP contribution is 2.19. The van der Waals surface area contributed by atoms with Crippen LogP contribution in [0.4, 0.5) is 0 Å². The molecule has 6 nitrogen and oxygen atoms in total. The Kier molecular flexibility index (Phi) is 8.21. The largest absolute Gasteiger partial charge is 0.494 e. The number of amides is 1. The lowest BCUT2D eigenvalue weighted by atomic mass is 10.2. The quantitative estimate of drug-likeness (QED) is 0.698. The van der Waals surface area contributed by atoms with Crippen molar-refractivity contribution >= 4 is 15.9 Å². The number of likely N-dealkylation sites (N-methyl/N-ethyl adjacent to an activating group) is 1. The lowest BCUT2D eigenvalue weighted by Crippen LogP contribution is -2.43. The van der Waals surface area contributed by atoms with Crippen molar-refractivity contribution in [2.45, 2.75) is 51.5 Å². The van der Waals surface area contributed by atoms with E-state index in [1.165, 1.54) is 16.4 Å². The zero-order chi connectivity index (χ0) is 18.2. The van der Waals surface area contributed by atoms with Crippen LogP contribution in [0.3, 0.4) is 0 Å². The maximum atomic E-state index is 12.7. The fourth-order valence-corrected chi connectivity index (χ4v) is 3.78. The summed E-state index contributed by atoms with van der Waals surface area (Å²) in [4.78, 5) is 12.2. The molecule has 24 heavy (non-hydrogen) atoms. The van der Waals surface area contributed by atoms with E-state index >= 15 is 0 Å². The minimum Gasteiger partial charge on any atom is -0.494 e. The first-order valence-corrected chi connectivity index (χ1v) is 9.81. The van der Waals surface area contributed by atoms with E-state index < -0.39 is 10.0 Å². The Morgan fingerprint density at radius 1 is 1.21 bits per heavy atom. The second kappa shape index (κ2) is 9.64. The first kappa shape index (κ1) is 20.4. The summed E-state index contributed by atoms with van der Waals surface area (Å²) in [6.45, 7) is 8.10. The molecule has 136 valence electrons. The fourth-order valence-electron chi connectivity index (χ4n) is 2.38. The van der Waals surface area contributed by atoms with Gasteiger partial charge in [0.05, 0.1) is 18.0 Å². The zero-order valence-electron chi connectivity index (χ0n) is 14.9. The first-order valence-electron chi connectivity index (χ1n) is 8.37. The second-order valence-electron chi connectivity index (χ2n) is 5.59. The van der Waals surface area contributed by atoms with Gasteiger partial charge in [0, 0.05) is 12.6 Å². The van der Waals surface area contributed by atoms with Crippen molar-refractivity contribution in [3.63, 3.8) is 0 Å². The van der Waals surface area contributed by atoms with Crippen LogP contribution in [0.1, 0.15) is 40.5 Å². The molecule has 1 N–H and O–H groups in total. The zero-order valence-corrected chi connectivity index (χ0v) is 15.7. The van der Waals surface area contributed by atoms with Gasteiger partial charge in [-0.1, -0.05) is 20.3 Å². The molecular formula is C17H28N2O4S. The summed E-state index contributed by atoms with van der Waals surface area (Å²) in [5.74, 6) is 0.331. The van der Waals surface area contributed by atoms with E-state index in [1.54, 1.807) is 19.1 Å². The van der Waals surface area contributed by atoms with Crippen molar-refractivity contribution in [1.29, 1.82) is 0 Å². The van der Waals surface area contributed by atoms with Crippen LogP contribution in [0.5, 0.6) is 5.75 Å². The lowest BCUT2D eigenvalue weighted by Gasteiger charge is -2.21. The minimum absolute atomic E-state index is 0.0365. The molecule has 7 heteroatoms. The van der Waals surface area contributed by atoms with Crippen LogP contribution in [-0.2, 0) is 14.8 Å². The Labute approximate surface area is 145 Å². The van der Waals surface area contributed by atoms with E-state index in [4.69, 9.17) is 4.74 Å². The molecule has 0 saturated heterocycles. The molecule has 0 saturated carbocycles. The summed E-state index contributed by atoms with van der Waals surface area (Å²) < 4.78 is 31.9. The Balaban J connectivity index is 2.83. The molecule has 0 spiro atoms. The summed E-state index contributed by atoms with van der Waals surface area (Å²) in [5, 5.41) is 2.83. The van der Waals surface area contributed by atoms with Crippen LogP contribution in [0, 0.1) is 0 Å². The summed E-state index contributed by atoms with van der Waals surface area (Å²) in [6, 6.07) is 6.27. The molecule has 0 fully saturated rings. The third-order valence-electron chi connectivity index (χ3n) is 3.57. The van der Waals surface area contributed by atoms with Gasteiger partial charge < -0.3 is 10.1 Å². The molecule has 0 aromatic heterocycles. The topological polar surface area (TPSA) is 75.7 Å². The lowest BCUT2D eigenvalue weighted by molar-refractivity contribution is -0.121. The number of nitrogens with zero attached hydrogens (tertiary/aromatic N) is 1. The molecule has 0 aliphatic rings. The van der Waals surface area contributed by atoms with Gasteiger partial charge in [-0.05, 0) is 44.5 Å². The number of carbonyl (C=O) groups is 1. The number of sulfonamides is 1. The molecule has 1 rings (SSSR count). The van der Waals surface area contributed by atoms with Crippen molar-refractivity contribution in [2.75, 3.05) is 19.7 Å². The molecule has 1 atom stereocenters. The summed E-state index contributed by atoms with van der Waals surface area (Å²) >= 11 is 0. The van der Waals surface area contributed by atoms with Crippen LogP contribution in [-0.4, -0.2) is 44.4 Å². The maximum absolute atomic E-state index is 12.7. The monoisotopic (exact) mass is 356 g/mol. The van der Waals surface area contributed by atoms with Gasteiger partial charge in [-0.2, -0.15) is 4.31 Å². The Bertz CT molecular complexity index is 614. The van der Waals surface area contributed by atoms with E-state index in [1.807, 2.05) is 20.8 Å². The molecule has 0 radical (unpaired) electrons. The third kappa shape index (κ3) is 5.79. The van der Waals surface area contributed by atoms with Gasteiger partial charge in [0.1, 0.15) is 5.75 Å². The van der Waals surface area contributed by atoms with Gasteiger partial charge in [-0.25, -0.2) is 8.42 Å². The predicted molar refractivity (Wildman–Crippen MR) is 94.6 cm³/mol. The number of nitrogens with one attached hydrogen (secondary N) is 1. The van der Waals surface area contributed by atoms with Crippen LogP contribution >= 0.6 is 0 Å². The molecule has 1 amide bonds. The Hall–Kier alpha value is -1.60. The van der Waals surface area contributed by atoms with Crippen molar-refractivity contribution in [3.05, 3.63) is 24.3 Å². The van der Waals surface area contributed by atoms with Gasteiger partial charge >= 0.3 is 0 Å². The van der Waals surface area contributed by atoms with Crippen LogP contribution in [0.15, 0.2) is 29.2 Å². The van der Waals surface area contributed by atoms with E-state index in [2.05, 4.69) is 5.32 Å². The molecular weight excluding hydrogens is 328 g/mol. The number of ether oxygens (including phenoxy) is 1. The smallest absolute Gasteiger partial charge is 0.243 e. The van der Waals surface area contributed by atoms with Crippen molar-refractivity contribution in [2.24, 2.45) is 0 Å². The third-order valence-corrected chi connectivity index (χ3v) is 5.51. The summed E-state index contributed by atoms with van der Waals surface area (Å²) in [5.41, 5.74) is 0. The standard InChI is InChI=1S/C17H28N2O4S/c1-5-8-14(4)18-17(20)13-19(6-2)24(21,22)16-11-9-15(10-12-16)23-7-3/h9-12,14H,5-8,13H2,1-4H3,(H,18,20)/t14-/m1/s1. The summed E-state index contributed by atoms with van der Waals surface area (Å²) in [7, 11) is -3.71. The number of hydrogen-bond acceptors (Lipinski definition) is 4. The highest BCUT2D eigenvalue weighted by molar-refractivity contribution is 7.89. The number of carbonyl (C=O) groups excluding carboxylic acids is 1. The molecule has 0 unspecified atom stereocenters. The number of rotatable bonds is 10. The first-order chi connectivity index (χ1) is 11.3. The van der Waals surface area contributed by atoms with E-state index in [0.29, 0.717) is 12.4 Å². The fraction of sp³-hybridized carbons (Fsp3) is 0.588. The van der Waals surface area contributed by atoms with Gasteiger partial charge in [0.15, 0.2) is 0 Å². The Morgan fingerprint density at radius 2 is 1.83 bits per heavy atom. The average Bonchev–Trinajstić information content (AvgIpc) is 2.53. The predicted octanol–water partition coefficient (Wildman–Crippen LogP) is 2.40. The number of benzene rings is 1. The average molecular weight is 356 g/mol. The van der Waals surface area contributed by atoms with Crippen LogP contribution < -0.4 is 10.1 Å². The van der Waals surface area contributed by atoms with Crippen molar-refractivity contribution in [1.82, 2.24) is 9.62 Å². The van der Waals surface area contributed by atoms with E-state index in [-0.39, 0.29) is 29.9 Å². The summed E-state index contributed by atoms with van der Waals surface area (Å²) in [6.07, 6.45) is 1.83. The highest BCUT2D eigenvalue weighted by atomic mass is 32.2. The van der Waals surface area contributed by atoms with E-state index in [0.717, 1.165) is 12.8 Å². The van der Waals surface area contributed by atoms with Gasteiger partial charge in [0.25, 0.3) is 0 Å². The SMILES string of the molecule is CCC[C@@H](C)NC(=O)CN(CC)S(=O)(=O)c1ccc(OCC)cc1. The number of hydrogen-bond donors (Lipinski definition) is 1. The van der Waals surface area contributed by atoms with Crippen LogP contribution in [0.2, 0.25) is 0 Å². The molecule has 0 heterocycles. The molecule has 0 bridgehead atoms. The Morgan fingerprint density at radius 3 is 2.33 bits per heavy atom. The highest BCUT2D eigenvalue weighted by Gasteiger charge is 2.25. The maximum Gasteiger partial charge on any atom is 0.243 e. The van der Waals surface area contributed by atoms with Gasteiger partial charge in [-0.3, -0.25) is 4.79 Å². The normalized spacial score (nSPS) is 12.9. The van der Waals surface area contributed by atoms with Crippen molar-refractivity contribution < 1.29 is 17.9 Å². The molecule has 0 aliphatic carbocycles. The van der Waals surface area contributed by atoms with Crippen LogP contribution in [0.25, 0.3) is 0 Å². The second-order valence-corrected chi connectivity index (χ2v) is 7.53. The van der Waals surface area contributed by atoms with Gasteiger partial charge in [-0.15, -0.1) is 0 Å². The molecule has 1 aromatic rings. The molecule has 1 aromatic carbocycles. The molecule has 0 aliphatic heterocycles. The van der Waals surface area contributed by atoms with Crippen molar-refractivity contribution in [3.8, 4) is 5.75 Å². The minimum atomic E-state index is -3.71. The van der Waals surface area contributed by atoms with Gasteiger partial charge in [0.2, 0.25) is 15.9 Å².